The van der Waals surface area contributed by atoms with Gasteiger partial charge in [0.2, 0.25) is 11.8 Å². The molecule has 2 rings (SSSR count). The van der Waals surface area contributed by atoms with E-state index in [9.17, 15) is 4.79 Å². The fraction of sp³-hybridized carbons (Fsp3) is 0.692. The maximum Gasteiger partial charge on any atom is 0.231 e. The molecule has 0 aromatic carbocycles. The second kappa shape index (κ2) is 6.00. The Morgan fingerprint density at radius 2 is 2.56 bits per heavy atom. The van der Waals surface area contributed by atoms with Crippen molar-refractivity contribution in [1.82, 2.24) is 10.5 Å². The van der Waals surface area contributed by atoms with Crippen LogP contribution in [-0.4, -0.2) is 24.2 Å². The molecule has 1 aliphatic rings. The third-order valence-electron chi connectivity index (χ3n) is 3.54. The van der Waals surface area contributed by atoms with Crippen LogP contribution >= 0.6 is 0 Å². The molecule has 5 heteroatoms. The monoisotopic (exact) mass is 251 g/mol. The summed E-state index contributed by atoms with van der Waals surface area (Å²) in [7, 11) is 0. The van der Waals surface area contributed by atoms with Gasteiger partial charge in [-0.2, -0.15) is 0 Å². The topological polar surface area (TPSA) is 67.2 Å². The molecule has 0 aliphatic carbocycles. The predicted molar refractivity (Wildman–Crippen MR) is 69.2 cm³/mol. The number of nitrogens with zero attached hydrogens (tertiary/aromatic N) is 1. The molecule has 1 amide bonds. The van der Waals surface area contributed by atoms with Gasteiger partial charge in [-0.15, -0.1) is 0 Å². The summed E-state index contributed by atoms with van der Waals surface area (Å²) in [6.45, 7) is 6.10. The normalized spacial score (nSPS) is 21.6. The Hall–Kier alpha value is -1.36. The Balaban J connectivity index is 1.79. The minimum Gasteiger partial charge on any atom is -0.338 e. The molecule has 18 heavy (non-hydrogen) atoms. The van der Waals surface area contributed by atoms with Crippen molar-refractivity contribution in [3.8, 4) is 0 Å². The van der Waals surface area contributed by atoms with E-state index in [1.54, 1.807) is 6.07 Å². The molecular weight excluding hydrogens is 230 g/mol. The number of piperidine rings is 1. The molecule has 1 aliphatic heterocycles. The molecule has 1 fully saturated rings. The molecule has 0 radical (unpaired) electrons. The summed E-state index contributed by atoms with van der Waals surface area (Å²) in [6, 6.07) is 1.73. The predicted octanol–water partition coefficient (Wildman–Crippen LogP) is 1.95. The summed E-state index contributed by atoms with van der Waals surface area (Å²) in [6.07, 6.45) is 2.95. The smallest absolute Gasteiger partial charge is 0.231 e. The average molecular weight is 251 g/mol. The SMILES string of the molecule is Cc1cc(NC(=O)CC(C)C2CCCNC2)on1. The number of carbonyl (C=O) groups is 1. The summed E-state index contributed by atoms with van der Waals surface area (Å²) in [5.41, 5.74) is 0.773. The highest BCUT2D eigenvalue weighted by molar-refractivity contribution is 5.89. The van der Waals surface area contributed by atoms with Crippen molar-refractivity contribution in [3.05, 3.63) is 11.8 Å². The van der Waals surface area contributed by atoms with Crippen molar-refractivity contribution in [1.29, 1.82) is 0 Å². The Labute approximate surface area is 107 Å². The Bertz CT molecular complexity index is 397. The summed E-state index contributed by atoms with van der Waals surface area (Å²) in [5, 5.41) is 9.86. The van der Waals surface area contributed by atoms with Crippen LogP contribution in [0.1, 0.15) is 31.9 Å². The zero-order valence-corrected chi connectivity index (χ0v) is 11.0. The number of hydrogen-bond acceptors (Lipinski definition) is 4. The van der Waals surface area contributed by atoms with Gasteiger partial charge in [0.05, 0.1) is 5.69 Å². The van der Waals surface area contributed by atoms with Gasteiger partial charge in [-0.05, 0) is 44.7 Å². The van der Waals surface area contributed by atoms with E-state index in [0.717, 1.165) is 18.8 Å². The molecule has 2 atom stereocenters. The van der Waals surface area contributed by atoms with Gasteiger partial charge in [0.1, 0.15) is 0 Å². The fourth-order valence-corrected chi connectivity index (χ4v) is 2.43. The Kier molecular flexibility index (Phi) is 4.36. The number of nitrogens with one attached hydrogen (secondary N) is 2. The minimum atomic E-state index is 0.00391. The average Bonchev–Trinajstić information content (AvgIpc) is 2.75. The van der Waals surface area contributed by atoms with Crippen molar-refractivity contribution in [2.75, 3.05) is 18.4 Å². The molecule has 0 spiro atoms. The molecular formula is C13H21N3O2. The maximum absolute atomic E-state index is 11.9. The summed E-state index contributed by atoms with van der Waals surface area (Å²) in [5.74, 6) is 1.43. The van der Waals surface area contributed by atoms with E-state index < -0.39 is 0 Å². The lowest BCUT2D eigenvalue weighted by Crippen LogP contribution is -2.34. The van der Waals surface area contributed by atoms with Gasteiger partial charge in [-0.25, -0.2) is 0 Å². The van der Waals surface area contributed by atoms with E-state index in [-0.39, 0.29) is 5.91 Å². The third kappa shape index (κ3) is 3.57. The first kappa shape index (κ1) is 13.1. The van der Waals surface area contributed by atoms with Crippen LogP contribution in [0.4, 0.5) is 5.88 Å². The van der Waals surface area contributed by atoms with E-state index in [1.807, 2.05) is 6.92 Å². The van der Waals surface area contributed by atoms with Gasteiger partial charge in [-0.1, -0.05) is 12.1 Å². The second-order valence-corrected chi connectivity index (χ2v) is 5.17. The van der Waals surface area contributed by atoms with Crippen molar-refractivity contribution in [3.63, 3.8) is 0 Å². The van der Waals surface area contributed by atoms with E-state index in [2.05, 4.69) is 22.7 Å². The number of aromatic nitrogens is 1. The number of carbonyl (C=O) groups excluding carboxylic acids is 1. The van der Waals surface area contributed by atoms with Crippen molar-refractivity contribution in [2.45, 2.75) is 33.1 Å². The minimum absolute atomic E-state index is 0.00391. The first-order valence-corrected chi connectivity index (χ1v) is 6.59. The molecule has 1 aromatic heterocycles. The second-order valence-electron chi connectivity index (χ2n) is 5.17. The molecule has 2 N–H and O–H groups in total. The number of aryl methyl sites for hydroxylation is 1. The van der Waals surface area contributed by atoms with Gasteiger partial charge in [0, 0.05) is 12.5 Å². The summed E-state index contributed by atoms with van der Waals surface area (Å²) >= 11 is 0. The number of anilines is 1. The van der Waals surface area contributed by atoms with Gasteiger partial charge >= 0.3 is 0 Å². The van der Waals surface area contributed by atoms with Gasteiger partial charge in [0.25, 0.3) is 0 Å². The third-order valence-corrected chi connectivity index (χ3v) is 3.54. The standard InChI is InChI=1S/C13H21N3O2/c1-9(11-4-3-5-14-8-11)6-12(17)15-13-7-10(2)16-18-13/h7,9,11,14H,3-6,8H2,1-2H3,(H,15,17). The lowest BCUT2D eigenvalue weighted by molar-refractivity contribution is -0.117. The number of hydrogen-bond donors (Lipinski definition) is 2. The molecule has 0 saturated carbocycles. The quantitative estimate of drug-likeness (QED) is 0.858. The van der Waals surface area contributed by atoms with E-state index in [1.165, 1.54) is 12.8 Å². The highest BCUT2D eigenvalue weighted by atomic mass is 16.5. The lowest BCUT2D eigenvalue weighted by atomic mass is 9.85. The molecule has 2 unspecified atom stereocenters. The summed E-state index contributed by atoms with van der Waals surface area (Å²) in [4.78, 5) is 11.9. The largest absolute Gasteiger partial charge is 0.338 e. The van der Waals surface area contributed by atoms with Crippen LogP contribution < -0.4 is 10.6 Å². The Morgan fingerprint density at radius 1 is 1.72 bits per heavy atom. The van der Waals surface area contributed by atoms with Crippen molar-refractivity contribution >= 4 is 11.8 Å². The van der Waals surface area contributed by atoms with Crippen LogP contribution in [0, 0.1) is 18.8 Å². The van der Waals surface area contributed by atoms with E-state index in [0.29, 0.717) is 24.1 Å². The zero-order valence-electron chi connectivity index (χ0n) is 11.0. The molecule has 0 bridgehead atoms. The van der Waals surface area contributed by atoms with Crippen LogP contribution in [0.2, 0.25) is 0 Å². The highest BCUT2D eigenvalue weighted by Crippen LogP contribution is 2.23. The van der Waals surface area contributed by atoms with Gasteiger partial charge in [0.15, 0.2) is 0 Å². The van der Waals surface area contributed by atoms with Crippen LogP contribution in [-0.2, 0) is 4.79 Å². The number of amides is 1. The molecule has 100 valence electrons. The van der Waals surface area contributed by atoms with Crippen molar-refractivity contribution < 1.29 is 9.32 Å². The van der Waals surface area contributed by atoms with Crippen LogP contribution in [0.25, 0.3) is 0 Å². The van der Waals surface area contributed by atoms with Crippen molar-refractivity contribution in [2.24, 2.45) is 11.8 Å². The lowest BCUT2D eigenvalue weighted by Gasteiger charge is -2.27. The molecule has 1 aromatic rings. The molecule has 1 saturated heterocycles. The molecule has 5 nitrogen and oxygen atoms in total. The van der Waals surface area contributed by atoms with Gasteiger partial charge in [-0.3, -0.25) is 10.1 Å². The van der Waals surface area contributed by atoms with Gasteiger partial charge < -0.3 is 9.84 Å². The number of rotatable bonds is 4. The molecule has 2 heterocycles. The zero-order chi connectivity index (χ0) is 13.0. The van der Waals surface area contributed by atoms with Crippen LogP contribution in [0.5, 0.6) is 0 Å². The highest BCUT2D eigenvalue weighted by Gasteiger charge is 2.22. The first-order chi connectivity index (χ1) is 8.65. The van der Waals surface area contributed by atoms with Crippen LogP contribution in [0.15, 0.2) is 10.6 Å². The fourth-order valence-electron chi connectivity index (χ4n) is 2.43. The van der Waals surface area contributed by atoms with E-state index in [4.69, 9.17) is 4.52 Å². The van der Waals surface area contributed by atoms with E-state index >= 15 is 0 Å². The Morgan fingerprint density at radius 3 is 3.17 bits per heavy atom. The van der Waals surface area contributed by atoms with Crippen LogP contribution in [0.3, 0.4) is 0 Å². The first-order valence-electron chi connectivity index (χ1n) is 6.59. The maximum atomic E-state index is 11.9. The summed E-state index contributed by atoms with van der Waals surface area (Å²) < 4.78 is 4.97.